The molecule has 0 aromatic heterocycles. The minimum Gasteiger partial charge on any atom is -0.488 e. The summed E-state index contributed by atoms with van der Waals surface area (Å²) in [5.74, 6) is 1.01. The fraction of sp³-hybridized carbons (Fsp3) is 0.500. The second-order valence-electron chi connectivity index (χ2n) is 4.90. The fourth-order valence-electron chi connectivity index (χ4n) is 2.71. The number of piperazine rings is 1. The van der Waals surface area contributed by atoms with E-state index in [0.717, 1.165) is 38.3 Å². The normalized spacial score (nSPS) is 27.3. The molecule has 3 rings (SSSR count). The van der Waals surface area contributed by atoms with Gasteiger partial charge in [0.05, 0.1) is 6.07 Å². The lowest BCUT2D eigenvalue weighted by Crippen LogP contribution is -2.53. The van der Waals surface area contributed by atoms with Crippen molar-refractivity contribution in [1.29, 1.82) is 5.26 Å². The highest BCUT2D eigenvalue weighted by molar-refractivity contribution is 5.37. The summed E-state index contributed by atoms with van der Waals surface area (Å²) in [6.07, 6.45) is 1.15. The smallest absolute Gasteiger partial charge is 0.123 e. The maximum atomic E-state index is 9.14. The zero-order valence-corrected chi connectivity index (χ0v) is 10.3. The Bertz CT molecular complexity index is 443. The van der Waals surface area contributed by atoms with Gasteiger partial charge in [0.1, 0.15) is 17.9 Å². The van der Waals surface area contributed by atoms with E-state index in [9.17, 15) is 0 Å². The Kier molecular flexibility index (Phi) is 3.18. The monoisotopic (exact) mass is 243 g/mol. The SMILES string of the molecule is N#CC1CNCCN1CC1Cc2ccccc2O1. The summed E-state index contributed by atoms with van der Waals surface area (Å²) in [6, 6.07) is 10.5. The first kappa shape index (κ1) is 11.5. The Hall–Kier alpha value is -1.57. The van der Waals surface area contributed by atoms with Gasteiger partial charge >= 0.3 is 0 Å². The molecule has 0 amide bonds. The van der Waals surface area contributed by atoms with Crippen LogP contribution in [-0.2, 0) is 6.42 Å². The molecular weight excluding hydrogens is 226 g/mol. The first-order valence-corrected chi connectivity index (χ1v) is 6.46. The van der Waals surface area contributed by atoms with Crippen molar-refractivity contribution in [2.24, 2.45) is 0 Å². The van der Waals surface area contributed by atoms with Crippen LogP contribution in [0, 0.1) is 11.3 Å². The lowest BCUT2D eigenvalue weighted by Gasteiger charge is -2.33. The lowest BCUT2D eigenvalue weighted by molar-refractivity contribution is 0.118. The van der Waals surface area contributed by atoms with E-state index in [2.05, 4.69) is 22.4 Å². The first-order valence-electron chi connectivity index (χ1n) is 6.46. The van der Waals surface area contributed by atoms with Crippen LogP contribution in [0.2, 0.25) is 0 Å². The number of hydrogen-bond donors (Lipinski definition) is 1. The molecule has 1 N–H and O–H groups in total. The van der Waals surface area contributed by atoms with Gasteiger partial charge in [0.15, 0.2) is 0 Å². The van der Waals surface area contributed by atoms with Crippen LogP contribution in [0.3, 0.4) is 0 Å². The molecule has 1 fully saturated rings. The van der Waals surface area contributed by atoms with Gasteiger partial charge in [-0.25, -0.2) is 0 Å². The third-order valence-corrected chi connectivity index (χ3v) is 3.66. The second kappa shape index (κ2) is 4.97. The maximum absolute atomic E-state index is 9.14. The summed E-state index contributed by atoms with van der Waals surface area (Å²) in [5.41, 5.74) is 1.28. The van der Waals surface area contributed by atoms with Gasteiger partial charge in [-0.3, -0.25) is 4.90 Å². The van der Waals surface area contributed by atoms with E-state index in [-0.39, 0.29) is 12.1 Å². The van der Waals surface area contributed by atoms with Gasteiger partial charge in [-0.15, -0.1) is 0 Å². The van der Waals surface area contributed by atoms with Crippen molar-refractivity contribution < 1.29 is 4.74 Å². The van der Waals surface area contributed by atoms with Crippen LogP contribution in [0.25, 0.3) is 0 Å². The average Bonchev–Trinajstić information content (AvgIpc) is 2.81. The highest BCUT2D eigenvalue weighted by Gasteiger charge is 2.29. The molecule has 0 aliphatic carbocycles. The molecule has 18 heavy (non-hydrogen) atoms. The number of para-hydroxylation sites is 1. The highest BCUT2D eigenvalue weighted by Crippen LogP contribution is 2.28. The molecule has 0 spiro atoms. The van der Waals surface area contributed by atoms with Crippen molar-refractivity contribution in [3.63, 3.8) is 0 Å². The number of ether oxygens (including phenoxy) is 1. The minimum absolute atomic E-state index is 0.0222. The Morgan fingerprint density at radius 3 is 3.17 bits per heavy atom. The molecule has 2 heterocycles. The van der Waals surface area contributed by atoms with E-state index in [1.807, 2.05) is 18.2 Å². The zero-order chi connectivity index (χ0) is 12.4. The van der Waals surface area contributed by atoms with Crippen LogP contribution in [0.5, 0.6) is 5.75 Å². The molecule has 1 aromatic carbocycles. The van der Waals surface area contributed by atoms with Gasteiger partial charge < -0.3 is 10.1 Å². The second-order valence-corrected chi connectivity index (χ2v) is 4.90. The molecule has 94 valence electrons. The maximum Gasteiger partial charge on any atom is 0.123 e. The summed E-state index contributed by atoms with van der Waals surface area (Å²) in [7, 11) is 0. The topological polar surface area (TPSA) is 48.3 Å². The number of nitrogens with zero attached hydrogens (tertiary/aromatic N) is 2. The van der Waals surface area contributed by atoms with Gasteiger partial charge in [0.2, 0.25) is 0 Å². The molecule has 2 aliphatic rings. The largest absolute Gasteiger partial charge is 0.488 e. The Morgan fingerprint density at radius 2 is 2.33 bits per heavy atom. The van der Waals surface area contributed by atoms with E-state index in [1.54, 1.807) is 0 Å². The van der Waals surface area contributed by atoms with Crippen LogP contribution in [-0.4, -0.2) is 43.2 Å². The molecule has 2 unspecified atom stereocenters. The molecule has 1 saturated heterocycles. The number of fused-ring (bicyclic) bond motifs is 1. The quantitative estimate of drug-likeness (QED) is 0.834. The summed E-state index contributed by atoms with van der Waals surface area (Å²) >= 11 is 0. The summed E-state index contributed by atoms with van der Waals surface area (Å²) < 4.78 is 5.93. The van der Waals surface area contributed by atoms with Crippen molar-refractivity contribution in [3.05, 3.63) is 29.8 Å². The minimum atomic E-state index is -0.0222. The molecule has 0 bridgehead atoms. The highest BCUT2D eigenvalue weighted by atomic mass is 16.5. The number of nitriles is 1. The standard InChI is InChI=1S/C14H17N3O/c15-8-12-9-16-5-6-17(12)10-13-7-11-3-1-2-4-14(11)18-13/h1-4,12-13,16H,5-7,9-10H2. The van der Waals surface area contributed by atoms with E-state index >= 15 is 0 Å². The van der Waals surface area contributed by atoms with Crippen LogP contribution in [0.4, 0.5) is 0 Å². The average molecular weight is 243 g/mol. The van der Waals surface area contributed by atoms with Crippen molar-refractivity contribution >= 4 is 0 Å². The van der Waals surface area contributed by atoms with E-state index < -0.39 is 0 Å². The Labute approximate surface area is 107 Å². The molecular formula is C14H17N3O. The zero-order valence-electron chi connectivity index (χ0n) is 10.3. The predicted molar refractivity (Wildman–Crippen MR) is 68.4 cm³/mol. The van der Waals surface area contributed by atoms with Crippen LogP contribution in [0.15, 0.2) is 24.3 Å². The number of hydrogen-bond acceptors (Lipinski definition) is 4. The summed E-state index contributed by atoms with van der Waals surface area (Å²) in [5, 5.41) is 12.4. The molecule has 2 aliphatic heterocycles. The lowest BCUT2D eigenvalue weighted by atomic mass is 10.1. The molecule has 4 heteroatoms. The predicted octanol–water partition coefficient (Wildman–Crippen LogP) is 0.787. The third-order valence-electron chi connectivity index (χ3n) is 3.66. The summed E-state index contributed by atoms with van der Waals surface area (Å²) in [6.45, 7) is 3.48. The molecule has 1 aromatic rings. The van der Waals surface area contributed by atoms with Crippen molar-refractivity contribution in [3.8, 4) is 11.8 Å². The fourth-order valence-corrected chi connectivity index (χ4v) is 2.71. The Morgan fingerprint density at radius 1 is 1.44 bits per heavy atom. The molecule has 4 nitrogen and oxygen atoms in total. The van der Waals surface area contributed by atoms with Gasteiger partial charge in [-0.05, 0) is 11.6 Å². The van der Waals surface area contributed by atoms with E-state index in [1.165, 1.54) is 5.56 Å². The number of rotatable bonds is 2. The molecule has 0 radical (unpaired) electrons. The first-order chi connectivity index (χ1) is 8.86. The Balaban J connectivity index is 1.63. The van der Waals surface area contributed by atoms with Crippen molar-refractivity contribution in [2.75, 3.05) is 26.2 Å². The molecule has 0 saturated carbocycles. The number of benzene rings is 1. The van der Waals surface area contributed by atoms with Crippen molar-refractivity contribution in [2.45, 2.75) is 18.6 Å². The van der Waals surface area contributed by atoms with Gasteiger partial charge in [-0.2, -0.15) is 5.26 Å². The van der Waals surface area contributed by atoms with Crippen LogP contribution < -0.4 is 10.1 Å². The van der Waals surface area contributed by atoms with E-state index in [0.29, 0.717) is 0 Å². The summed E-state index contributed by atoms with van der Waals surface area (Å²) in [4.78, 5) is 2.23. The van der Waals surface area contributed by atoms with E-state index in [4.69, 9.17) is 10.00 Å². The number of nitrogens with one attached hydrogen (secondary N) is 1. The van der Waals surface area contributed by atoms with Gasteiger partial charge in [0.25, 0.3) is 0 Å². The van der Waals surface area contributed by atoms with Gasteiger partial charge in [-0.1, -0.05) is 18.2 Å². The van der Waals surface area contributed by atoms with Crippen LogP contribution >= 0.6 is 0 Å². The third kappa shape index (κ3) is 2.20. The van der Waals surface area contributed by atoms with Crippen LogP contribution in [0.1, 0.15) is 5.56 Å². The molecule has 2 atom stereocenters. The van der Waals surface area contributed by atoms with Crippen molar-refractivity contribution in [1.82, 2.24) is 10.2 Å². The van der Waals surface area contributed by atoms with Gasteiger partial charge in [0, 0.05) is 32.6 Å².